The average molecular weight is 190 g/mol. The van der Waals surface area contributed by atoms with E-state index in [9.17, 15) is 0 Å². The van der Waals surface area contributed by atoms with Crippen molar-refractivity contribution in [1.82, 2.24) is 5.32 Å². The quantitative estimate of drug-likeness (QED) is 0.757. The van der Waals surface area contributed by atoms with Crippen LogP contribution in [0.1, 0.15) is 24.3 Å². The number of hydrogen-bond acceptors (Lipinski definition) is 2. The molecular formula is C12H18N2. The molecule has 0 bridgehead atoms. The summed E-state index contributed by atoms with van der Waals surface area (Å²) in [5.41, 5.74) is 7.21. The first-order valence-corrected chi connectivity index (χ1v) is 5.40. The van der Waals surface area contributed by atoms with Gasteiger partial charge in [-0.05, 0) is 24.9 Å². The fourth-order valence-corrected chi connectivity index (χ4v) is 2.29. The third kappa shape index (κ3) is 1.97. The van der Waals surface area contributed by atoms with E-state index in [1.165, 1.54) is 18.4 Å². The molecule has 0 amide bonds. The first kappa shape index (κ1) is 9.69. The Morgan fingerprint density at radius 1 is 1.36 bits per heavy atom. The highest BCUT2D eigenvalue weighted by atomic mass is 14.9. The number of nitrogens with two attached hydrogens (primary N) is 1. The van der Waals surface area contributed by atoms with Gasteiger partial charge in [-0.3, -0.25) is 0 Å². The van der Waals surface area contributed by atoms with Crippen LogP contribution in [0.25, 0.3) is 0 Å². The largest absolute Gasteiger partial charge is 0.330 e. The lowest BCUT2D eigenvalue weighted by atomic mass is 9.91. The maximum absolute atomic E-state index is 5.84. The van der Waals surface area contributed by atoms with E-state index in [1.807, 2.05) is 0 Å². The predicted molar refractivity (Wildman–Crippen MR) is 59.3 cm³/mol. The molecule has 0 aliphatic carbocycles. The standard InChI is InChI=1S/C12H18N2/c13-9-11(12-7-4-8-14-12)10-5-2-1-3-6-10/h1-3,5-6,11-12,14H,4,7-9,13H2/t11-,12+/m0/s1. The van der Waals surface area contributed by atoms with E-state index in [0.717, 1.165) is 13.1 Å². The van der Waals surface area contributed by atoms with Crippen molar-refractivity contribution in [3.05, 3.63) is 35.9 Å². The summed E-state index contributed by atoms with van der Waals surface area (Å²) < 4.78 is 0. The molecule has 1 fully saturated rings. The van der Waals surface area contributed by atoms with E-state index in [1.54, 1.807) is 0 Å². The van der Waals surface area contributed by atoms with E-state index in [-0.39, 0.29) is 0 Å². The van der Waals surface area contributed by atoms with Gasteiger partial charge in [0.2, 0.25) is 0 Å². The fraction of sp³-hybridized carbons (Fsp3) is 0.500. The molecule has 1 saturated heterocycles. The lowest BCUT2D eigenvalue weighted by Gasteiger charge is -2.22. The van der Waals surface area contributed by atoms with Crippen LogP contribution >= 0.6 is 0 Å². The summed E-state index contributed by atoms with van der Waals surface area (Å²) in [5.74, 6) is 0.485. The summed E-state index contributed by atoms with van der Waals surface area (Å²) in [6.07, 6.45) is 2.55. The first-order chi connectivity index (χ1) is 6.92. The Bertz CT molecular complexity index is 265. The molecule has 1 aromatic rings. The minimum Gasteiger partial charge on any atom is -0.330 e. The van der Waals surface area contributed by atoms with Crippen molar-refractivity contribution < 1.29 is 0 Å². The Labute approximate surface area is 85.5 Å². The first-order valence-electron chi connectivity index (χ1n) is 5.40. The Hall–Kier alpha value is -0.860. The van der Waals surface area contributed by atoms with Crippen molar-refractivity contribution in [2.45, 2.75) is 24.8 Å². The topological polar surface area (TPSA) is 38.0 Å². The van der Waals surface area contributed by atoms with E-state index in [4.69, 9.17) is 5.73 Å². The lowest BCUT2D eigenvalue weighted by molar-refractivity contribution is 0.494. The zero-order valence-corrected chi connectivity index (χ0v) is 8.45. The van der Waals surface area contributed by atoms with Crippen LogP contribution in [0.5, 0.6) is 0 Å². The maximum atomic E-state index is 5.84. The normalized spacial score (nSPS) is 23.6. The summed E-state index contributed by atoms with van der Waals surface area (Å²) in [5, 5.41) is 3.53. The van der Waals surface area contributed by atoms with Crippen LogP contribution in [0.15, 0.2) is 30.3 Å². The number of nitrogens with one attached hydrogen (secondary N) is 1. The SMILES string of the molecule is NC[C@@H](c1ccccc1)[C@H]1CCCN1. The van der Waals surface area contributed by atoms with Crippen molar-refractivity contribution in [3.63, 3.8) is 0 Å². The highest BCUT2D eigenvalue weighted by molar-refractivity contribution is 5.22. The van der Waals surface area contributed by atoms with Crippen molar-refractivity contribution in [3.8, 4) is 0 Å². The molecule has 76 valence electrons. The summed E-state index contributed by atoms with van der Waals surface area (Å²) in [4.78, 5) is 0. The van der Waals surface area contributed by atoms with Gasteiger partial charge in [0.25, 0.3) is 0 Å². The second-order valence-electron chi connectivity index (χ2n) is 3.96. The van der Waals surface area contributed by atoms with Crippen molar-refractivity contribution in [1.29, 1.82) is 0 Å². The van der Waals surface area contributed by atoms with Crippen molar-refractivity contribution in [2.24, 2.45) is 5.73 Å². The molecular weight excluding hydrogens is 172 g/mol. The van der Waals surface area contributed by atoms with Gasteiger partial charge >= 0.3 is 0 Å². The molecule has 0 saturated carbocycles. The Morgan fingerprint density at radius 3 is 2.71 bits per heavy atom. The highest BCUT2D eigenvalue weighted by Crippen LogP contribution is 2.23. The van der Waals surface area contributed by atoms with E-state index in [0.29, 0.717) is 12.0 Å². The molecule has 1 aromatic carbocycles. The molecule has 2 heteroatoms. The van der Waals surface area contributed by atoms with Crippen molar-refractivity contribution in [2.75, 3.05) is 13.1 Å². The molecule has 2 atom stereocenters. The molecule has 0 aromatic heterocycles. The summed E-state index contributed by atoms with van der Waals surface area (Å²) in [6, 6.07) is 11.2. The summed E-state index contributed by atoms with van der Waals surface area (Å²) in [6.45, 7) is 1.88. The van der Waals surface area contributed by atoms with Crippen molar-refractivity contribution >= 4 is 0 Å². The van der Waals surface area contributed by atoms with Gasteiger partial charge in [0.05, 0.1) is 0 Å². The van der Waals surface area contributed by atoms with Crippen LogP contribution in [0, 0.1) is 0 Å². The molecule has 1 aliphatic rings. The van der Waals surface area contributed by atoms with Gasteiger partial charge in [0.1, 0.15) is 0 Å². The highest BCUT2D eigenvalue weighted by Gasteiger charge is 2.24. The molecule has 14 heavy (non-hydrogen) atoms. The zero-order valence-electron chi connectivity index (χ0n) is 8.45. The van der Waals surface area contributed by atoms with E-state index in [2.05, 4.69) is 35.6 Å². The Morgan fingerprint density at radius 2 is 2.14 bits per heavy atom. The third-order valence-electron chi connectivity index (χ3n) is 3.07. The minimum atomic E-state index is 0.485. The summed E-state index contributed by atoms with van der Waals surface area (Å²) >= 11 is 0. The Kier molecular flexibility index (Phi) is 3.17. The second kappa shape index (κ2) is 4.58. The fourth-order valence-electron chi connectivity index (χ4n) is 2.29. The third-order valence-corrected chi connectivity index (χ3v) is 3.07. The molecule has 0 unspecified atom stereocenters. The molecule has 2 rings (SSSR count). The molecule has 2 nitrogen and oxygen atoms in total. The van der Waals surface area contributed by atoms with E-state index >= 15 is 0 Å². The number of benzene rings is 1. The van der Waals surface area contributed by atoms with Crippen LogP contribution in [0.2, 0.25) is 0 Å². The van der Waals surface area contributed by atoms with Gasteiger partial charge in [-0.25, -0.2) is 0 Å². The second-order valence-corrected chi connectivity index (χ2v) is 3.96. The molecule has 1 aliphatic heterocycles. The van der Waals surface area contributed by atoms with Gasteiger partial charge in [-0.2, -0.15) is 0 Å². The maximum Gasteiger partial charge on any atom is 0.0148 e. The van der Waals surface area contributed by atoms with Crippen LogP contribution in [-0.4, -0.2) is 19.1 Å². The molecule has 3 N–H and O–H groups in total. The number of hydrogen-bond donors (Lipinski definition) is 2. The van der Waals surface area contributed by atoms with Crippen LogP contribution in [0.3, 0.4) is 0 Å². The van der Waals surface area contributed by atoms with Crippen LogP contribution in [-0.2, 0) is 0 Å². The lowest BCUT2D eigenvalue weighted by Crippen LogP contribution is -2.33. The van der Waals surface area contributed by atoms with Gasteiger partial charge in [0.15, 0.2) is 0 Å². The van der Waals surface area contributed by atoms with Gasteiger partial charge in [-0.1, -0.05) is 30.3 Å². The number of rotatable bonds is 3. The van der Waals surface area contributed by atoms with Gasteiger partial charge in [-0.15, -0.1) is 0 Å². The molecule has 1 heterocycles. The van der Waals surface area contributed by atoms with Crippen LogP contribution < -0.4 is 11.1 Å². The zero-order chi connectivity index (χ0) is 9.80. The summed E-state index contributed by atoms with van der Waals surface area (Å²) in [7, 11) is 0. The smallest absolute Gasteiger partial charge is 0.0148 e. The monoisotopic (exact) mass is 190 g/mol. The predicted octanol–water partition coefficient (Wildman–Crippen LogP) is 1.48. The average Bonchev–Trinajstić information content (AvgIpc) is 2.74. The van der Waals surface area contributed by atoms with Gasteiger partial charge < -0.3 is 11.1 Å². The van der Waals surface area contributed by atoms with Crippen LogP contribution in [0.4, 0.5) is 0 Å². The molecule has 0 spiro atoms. The minimum absolute atomic E-state index is 0.485. The van der Waals surface area contributed by atoms with Gasteiger partial charge in [0, 0.05) is 18.5 Å². The molecule has 0 radical (unpaired) electrons. The Balaban J connectivity index is 2.12. The van der Waals surface area contributed by atoms with E-state index < -0.39 is 0 Å².